The number of hydrogen-bond donors (Lipinski definition) is 2. The van der Waals surface area contributed by atoms with Crippen molar-refractivity contribution in [3.05, 3.63) is 60.0 Å². The molecule has 4 rings (SSSR count). The van der Waals surface area contributed by atoms with Crippen molar-refractivity contribution < 1.29 is 28.6 Å². The van der Waals surface area contributed by atoms with Crippen LogP contribution in [0, 0.1) is 11.7 Å². The highest BCUT2D eigenvalue weighted by molar-refractivity contribution is 5.97. The molecule has 3 aromatic rings. The van der Waals surface area contributed by atoms with E-state index in [1.807, 2.05) is 0 Å². The van der Waals surface area contributed by atoms with Crippen molar-refractivity contribution in [2.45, 2.75) is 38.1 Å². The summed E-state index contributed by atoms with van der Waals surface area (Å²) in [5, 5.41) is 17.2. The van der Waals surface area contributed by atoms with Crippen LogP contribution in [-0.4, -0.2) is 47.0 Å². The molecule has 0 aliphatic heterocycles. The van der Waals surface area contributed by atoms with Crippen LogP contribution in [0.5, 0.6) is 11.5 Å². The number of benzene rings is 2. The summed E-state index contributed by atoms with van der Waals surface area (Å²) < 4.78 is 25.9. The van der Waals surface area contributed by atoms with E-state index in [-0.39, 0.29) is 11.6 Å². The van der Waals surface area contributed by atoms with Gasteiger partial charge in [-0.2, -0.15) is 5.10 Å². The van der Waals surface area contributed by atoms with Crippen LogP contribution in [0.4, 0.5) is 4.39 Å². The molecule has 35 heavy (non-hydrogen) atoms. The van der Waals surface area contributed by atoms with Gasteiger partial charge in [-0.25, -0.2) is 13.9 Å². The maximum atomic E-state index is 13.6. The minimum Gasteiger partial charge on any atom is -0.496 e. The molecule has 1 saturated carbocycles. The van der Waals surface area contributed by atoms with E-state index in [1.54, 1.807) is 24.3 Å². The van der Waals surface area contributed by atoms with Crippen molar-refractivity contribution in [3.63, 3.8) is 0 Å². The molecule has 8 nitrogen and oxygen atoms in total. The van der Waals surface area contributed by atoms with E-state index >= 15 is 0 Å². The van der Waals surface area contributed by atoms with Gasteiger partial charge in [-0.05, 0) is 61.2 Å². The summed E-state index contributed by atoms with van der Waals surface area (Å²) in [6, 6.07) is 11.3. The first-order valence-electron chi connectivity index (χ1n) is 11.5. The summed E-state index contributed by atoms with van der Waals surface area (Å²) in [6.07, 6.45) is 4.44. The molecule has 1 atom stereocenters. The van der Waals surface area contributed by atoms with Crippen LogP contribution in [0.3, 0.4) is 0 Å². The second-order valence-electron chi connectivity index (χ2n) is 8.53. The standard InChI is InChI=1S/C26H28FN3O5/c1-34-21-9-6-10-22(35-2)23(21)19-15-20(30(29-19)18-13-11-17(27)12-14-18)25(31)28-24(26(32)33)16-7-4-3-5-8-16/h6,9-16,24H,3-5,7-8H2,1-2H3,(H,28,31)(H,32,33). The number of carbonyl (C=O) groups is 2. The van der Waals surface area contributed by atoms with Crippen molar-refractivity contribution in [3.8, 4) is 28.4 Å². The number of amides is 1. The molecule has 9 heteroatoms. The van der Waals surface area contributed by atoms with Crippen molar-refractivity contribution in [1.29, 1.82) is 0 Å². The molecule has 1 amide bonds. The van der Waals surface area contributed by atoms with Crippen LogP contribution in [0.15, 0.2) is 48.5 Å². The van der Waals surface area contributed by atoms with E-state index < -0.39 is 23.7 Å². The Morgan fingerprint density at radius 3 is 2.26 bits per heavy atom. The smallest absolute Gasteiger partial charge is 0.326 e. The third-order valence-electron chi connectivity index (χ3n) is 6.37. The highest BCUT2D eigenvalue weighted by atomic mass is 19.1. The van der Waals surface area contributed by atoms with Gasteiger partial charge in [0.1, 0.15) is 34.7 Å². The summed E-state index contributed by atoms with van der Waals surface area (Å²) in [7, 11) is 3.04. The van der Waals surface area contributed by atoms with Crippen LogP contribution >= 0.6 is 0 Å². The van der Waals surface area contributed by atoms with E-state index in [4.69, 9.17) is 9.47 Å². The van der Waals surface area contributed by atoms with Crippen molar-refractivity contribution >= 4 is 11.9 Å². The fourth-order valence-corrected chi connectivity index (χ4v) is 4.61. The second kappa shape index (κ2) is 10.6. The summed E-state index contributed by atoms with van der Waals surface area (Å²) in [5.74, 6) is -1.23. The van der Waals surface area contributed by atoms with Gasteiger partial charge in [-0.1, -0.05) is 25.3 Å². The number of carboxylic acid groups (broad SMARTS) is 1. The van der Waals surface area contributed by atoms with Crippen LogP contribution in [-0.2, 0) is 4.79 Å². The number of carboxylic acids is 1. The average molecular weight is 482 g/mol. The van der Waals surface area contributed by atoms with Crippen LogP contribution in [0.25, 0.3) is 16.9 Å². The third kappa shape index (κ3) is 5.13. The molecular formula is C26H28FN3O5. The van der Waals surface area contributed by atoms with Gasteiger partial charge in [-0.15, -0.1) is 0 Å². The number of nitrogens with one attached hydrogen (secondary N) is 1. The van der Waals surface area contributed by atoms with Crippen molar-refractivity contribution in [1.82, 2.24) is 15.1 Å². The molecule has 2 N–H and O–H groups in total. The van der Waals surface area contributed by atoms with Crippen LogP contribution < -0.4 is 14.8 Å². The lowest BCUT2D eigenvalue weighted by atomic mass is 9.84. The predicted octanol–water partition coefficient (Wildman–Crippen LogP) is 4.46. The Hall–Kier alpha value is -3.88. The lowest BCUT2D eigenvalue weighted by Crippen LogP contribution is -2.47. The monoisotopic (exact) mass is 481 g/mol. The zero-order chi connectivity index (χ0) is 24.9. The third-order valence-corrected chi connectivity index (χ3v) is 6.37. The summed E-state index contributed by atoms with van der Waals surface area (Å²) in [5.41, 5.74) is 1.48. The number of aliphatic carboxylic acids is 1. The average Bonchev–Trinajstić information content (AvgIpc) is 3.32. The first-order valence-corrected chi connectivity index (χ1v) is 11.5. The molecule has 0 radical (unpaired) electrons. The van der Waals surface area contributed by atoms with Crippen LogP contribution in [0.1, 0.15) is 42.6 Å². The summed E-state index contributed by atoms with van der Waals surface area (Å²) in [6.45, 7) is 0. The van der Waals surface area contributed by atoms with Crippen molar-refractivity contribution in [2.75, 3.05) is 14.2 Å². The molecule has 0 saturated heterocycles. The fraction of sp³-hybridized carbons (Fsp3) is 0.346. The molecular weight excluding hydrogens is 453 g/mol. The van der Waals surface area contributed by atoms with Gasteiger partial charge in [0.05, 0.1) is 25.5 Å². The quantitative estimate of drug-likeness (QED) is 0.493. The molecule has 0 bridgehead atoms. The number of hydrogen-bond acceptors (Lipinski definition) is 5. The first kappa shape index (κ1) is 24.3. The van der Waals surface area contributed by atoms with E-state index in [0.29, 0.717) is 28.4 Å². The Morgan fingerprint density at radius 1 is 1.06 bits per heavy atom. The molecule has 0 spiro atoms. The zero-order valence-electron chi connectivity index (χ0n) is 19.7. The minimum atomic E-state index is -1.07. The summed E-state index contributed by atoms with van der Waals surface area (Å²) >= 11 is 0. The zero-order valence-corrected chi connectivity index (χ0v) is 19.7. The summed E-state index contributed by atoms with van der Waals surface area (Å²) in [4.78, 5) is 25.5. The molecule has 1 heterocycles. The normalized spacial score (nSPS) is 14.8. The molecule has 1 fully saturated rings. The number of nitrogens with zero attached hydrogens (tertiary/aromatic N) is 2. The highest BCUT2D eigenvalue weighted by Crippen LogP contribution is 2.38. The fourth-order valence-electron chi connectivity index (χ4n) is 4.61. The molecule has 1 aliphatic carbocycles. The van der Waals surface area contributed by atoms with Gasteiger partial charge in [-0.3, -0.25) is 4.79 Å². The SMILES string of the molecule is COc1cccc(OC)c1-c1cc(C(=O)NC(C(=O)O)C2CCCCC2)n(-c2ccc(F)cc2)n1. The van der Waals surface area contributed by atoms with Gasteiger partial charge in [0.25, 0.3) is 5.91 Å². The minimum absolute atomic E-state index is 0.113. The van der Waals surface area contributed by atoms with Gasteiger partial charge >= 0.3 is 5.97 Å². The molecule has 1 unspecified atom stereocenters. The predicted molar refractivity (Wildman–Crippen MR) is 128 cm³/mol. The Bertz CT molecular complexity index is 1180. The number of halogens is 1. The molecule has 2 aromatic carbocycles. The number of carbonyl (C=O) groups excluding carboxylic acids is 1. The number of ether oxygens (including phenoxy) is 2. The largest absolute Gasteiger partial charge is 0.496 e. The maximum Gasteiger partial charge on any atom is 0.326 e. The van der Waals surface area contributed by atoms with E-state index in [9.17, 15) is 19.1 Å². The lowest BCUT2D eigenvalue weighted by Gasteiger charge is -2.28. The van der Waals surface area contributed by atoms with E-state index in [2.05, 4.69) is 10.4 Å². The first-order chi connectivity index (χ1) is 16.9. The molecule has 1 aliphatic rings. The number of aromatic nitrogens is 2. The second-order valence-corrected chi connectivity index (χ2v) is 8.53. The van der Waals surface area contributed by atoms with Crippen molar-refractivity contribution in [2.24, 2.45) is 5.92 Å². The Balaban J connectivity index is 1.78. The van der Waals surface area contributed by atoms with E-state index in [0.717, 1.165) is 32.1 Å². The Labute approximate surface area is 202 Å². The van der Waals surface area contributed by atoms with Crippen LogP contribution in [0.2, 0.25) is 0 Å². The van der Waals surface area contributed by atoms with Gasteiger partial charge in [0, 0.05) is 0 Å². The number of methoxy groups -OCH3 is 2. The van der Waals surface area contributed by atoms with Gasteiger partial charge < -0.3 is 19.9 Å². The van der Waals surface area contributed by atoms with Gasteiger partial charge in [0.15, 0.2) is 0 Å². The molecule has 1 aromatic heterocycles. The lowest BCUT2D eigenvalue weighted by molar-refractivity contribution is -0.141. The maximum absolute atomic E-state index is 13.6. The highest BCUT2D eigenvalue weighted by Gasteiger charge is 2.32. The number of rotatable bonds is 8. The Morgan fingerprint density at radius 2 is 1.69 bits per heavy atom. The van der Waals surface area contributed by atoms with Gasteiger partial charge in [0.2, 0.25) is 0 Å². The Kier molecular flexibility index (Phi) is 7.33. The topological polar surface area (TPSA) is 103 Å². The molecule has 184 valence electrons. The van der Waals surface area contributed by atoms with E-state index in [1.165, 1.54) is 43.2 Å².